The van der Waals surface area contributed by atoms with Crippen LogP contribution in [0.15, 0.2) is 22.2 Å². The lowest BCUT2D eigenvalue weighted by Gasteiger charge is -1.99. The summed E-state index contributed by atoms with van der Waals surface area (Å²) in [6, 6.07) is 0. The standard InChI is InChI=1S/C6H2Cl2O/c7-4-1-2-6(9)5(8)3-4/h1,3H. The molecule has 0 aromatic rings. The topological polar surface area (TPSA) is 17.1 Å². The highest BCUT2D eigenvalue weighted by atomic mass is 35.5. The molecule has 1 nitrogen and oxygen atoms in total. The Hall–Kier alpha value is -0.270. The van der Waals surface area contributed by atoms with Crippen LogP contribution in [0.25, 0.3) is 0 Å². The molecule has 9 heavy (non-hydrogen) atoms. The lowest BCUT2D eigenvalue weighted by atomic mass is 10.2. The highest BCUT2D eigenvalue weighted by Crippen LogP contribution is 2.18. The SMILES string of the molecule is O=C1[C]C=C(Cl)C=C1Cl. The van der Waals surface area contributed by atoms with Crippen molar-refractivity contribution in [3.05, 3.63) is 28.6 Å². The fourth-order valence-electron chi connectivity index (χ4n) is 0.432. The third-order valence-corrected chi connectivity index (χ3v) is 1.32. The zero-order valence-corrected chi connectivity index (χ0v) is 5.83. The summed E-state index contributed by atoms with van der Waals surface area (Å²) in [5, 5.41) is 0.544. The number of allylic oxidation sites excluding steroid dienone is 4. The summed E-state index contributed by atoms with van der Waals surface area (Å²) in [4.78, 5) is 10.5. The van der Waals surface area contributed by atoms with Crippen LogP contribution in [0, 0.1) is 6.42 Å². The number of Topliss-reactive ketones (excluding diaryl/α,β-unsaturated/α-hetero) is 1. The molecule has 0 saturated heterocycles. The van der Waals surface area contributed by atoms with Crippen LogP contribution in [-0.4, -0.2) is 5.78 Å². The van der Waals surface area contributed by atoms with E-state index < -0.39 is 0 Å². The maximum atomic E-state index is 10.5. The minimum absolute atomic E-state index is 0.113. The molecule has 2 radical (unpaired) electrons. The molecule has 0 fully saturated rings. The van der Waals surface area contributed by atoms with Crippen LogP contribution in [0.5, 0.6) is 0 Å². The maximum Gasteiger partial charge on any atom is 0.186 e. The van der Waals surface area contributed by atoms with Crippen LogP contribution in [-0.2, 0) is 4.79 Å². The molecule has 1 aliphatic rings. The lowest BCUT2D eigenvalue weighted by Crippen LogP contribution is -2.00. The molecule has 0 heterocycles. The number of halogens is 2. The number of carbonyl (C=O) groups is 1. The molecule has 3 heteroatoms. The van der Waals surface area contributed by atoms with E-state index in [9.17, 15) is 4.79 Å². The quantitative estimate of drug-likeness (QED) is 0.530. The lowest BCUT2D eigenvalue weighted by molar-refractivity contribution is -0.111. The van der Waals surface area contributed by atoms with Gasteiger partial charge in [-0.15, -0.1) is 0 Å². The van der Waals surface area contributed by atoms with Gasteiger partial charge in [-0.1, -0.05) is 23.2 Å². The first-order valence-electron chi connectivity index (χ1n) is 2.24. The average Bonchev–Trinajstić information content (AvgIpc) is 1.80. The molecule has 0 aromatic carbocycles. The van der Waals surface area contributed by atoms with Crippen LogP contribution < -0.4 is 0 Å². The third-order valence-electron chi connectivity index (χ3n) is 0.823. The molecule has 1 aliphatic carbocycles. The highest BCUT2D eigenvalue weighted by molar-refractivity contribution is 6.46. The van der Waals surface area contributed by atoms with Gasteiger partial charge >= 0.3 is 0 Å². The molecule has 0 aromatic heterocycles. The van der Waals surface area contributed by atoms with E-state index in [0.717, 1.165) is 0 Å². The number of hydrogen-bond acceptors (Lipinski definition) is 1. The van der Waals surface area contributed by atoms with Gasteiger partial charge in [0, 0.05) is 5.03 Å². The van der Waals surface area contributed by atoms with E-state index in [1.165, 1.54) is 12.2 Å². The van der Waals surface area contributed by atoms with Crippen LogP contribution in [0.2, 0.25) is 0 Å². The van der Waals surface area contributed by atoms with Crippen molar-refractivity contribution in [3.8, 4) is 0 Å². The smallest absolute Gasteiger partial charge is 0.186 e. The van der Waals surface area contributed by atoms with Crippen LogP contribution in [0.1, 0.15) is 0 Å². The Morgan fingerprint density at radius 2 is 2.11 bits per heavy atom. The Morgan fingerprint density at radius 1 is 1.44 bits per heavy atom. The van der Waals surface area contributed by atoms with E-state index in [-0.39, 0.29) is 10.8 Å². The Bertz CT molecular complexity index is 203. The molecule has 0 N–H and O–H groups in total. The normalized spacial score (nSPS) is 19.1. The van der Waals surface area contributed by atoms with Gasteiger partial charge in [-0.25, -0.2) is 0 Å². The molecule has 0 aliphatic heterocycles. The van der Waals surface area contributed by atoms with Gasteiger partial charge in [-0.2, -0.15) is 0 Å². The van der Waals surface area contributed by atoms with Crippen molar-refractivity contribution in [2.24, 2.45) is 0 Å². The van der Waals surface area contributed by atoms with Crippen LogP contribution >= 0.6 is 23.2 Å². The van der Waals surface area contributed by atoms with Crippen molar-refractivity contribution < 1.29 is 4.79 Å². The number of carbonyl (C=O) groups excluding carboxylic acids is 1. The van der Waals surface area contributed by atoms with E-state index >= 15 is 0 Å². The van der Waals surface area contributed by atoms with Gasteiger partial charge in [0.2, 0.25) is 0 Å². The summed E-state index contributed by atoms with van der Waals surface area (Å²) in [5.41, 5.74) is 0. The van der Waals surface area contributed by atoms with Gasteiger partial charge in [0.1, 0.15) is 0 Å². The average molecular weight is 161 g/mol. The summed E-state index contributed by atoms with van der Waals surface area (Å²) < 4.78 is 0. The largest absolute Gasteiger partial charge is 0.292 e. The molecule has 46 valence electrons. The highest BCUT2D eigenvalue weighted by Gasteiger charge is 2.10. The first-order valence-corrected chi connectivity index (χ1v) is 2.99. The number of hydrogen-bond donors (Lipinski definition) is 0. The zero-order valence-electron chi connectivity index (χ0n) is 4.32. The van der Waals surface area contributed by atoms with Gasteiger partial charge < -0.3 is 0 Å². The van der Waals surface area contributed by atoms with E-state index in [1.54, 1.807) is 0 Å². The van der Waals surface area contributed by atoms with Crippen LogP contribution in [0.3, 0.4) is 0 Å². The third kappa shape index (κ3) is 1.57. The molecule has 0 atom stereocenters. The number of rotatable bonds is 0. The first-order chi connectivity index (χ1) is 4.20. The van der Waals surface area contributed by atoms with Gasteiger partial charge in [0.25, 0.3) is 0 Å². The minimum Gasteiger partial charge on any atom is -0.292 e. The van der Waals surface area contributed by atoms with Gasteiger partial charge in [0.05, 0.1) is 11.5 Å². The Labute approximate surface area is 62.9 Å². The van der Waals surface area contributed by atoms with E-state index in [1.807, 2.05) is 0 Å². The summed E-state index contributed by atoms with van der Waals surface area (Å²) in [6.45, 7) is 0. The first kappa shape index (κ1) is 6.84. The molecule has 0 amide bonds. The molecule has 0 unspecified atom stereocenters. The molecule has 0 saturated carbocycles. The fourth-order valence-corrected chi connectivity index (χ4v) is 0.823. The second-order valence-electron chi connectivity index (χ2n) is 1.49. The Morgan fingerprint density at radius 3 is 2.56 bits per heavy atom. The second-order valence-corrected chi connectivity index (χ2v) is 2.34. The van der Waals surface area contributed by atoms with Crippen molar-refractivity contribution in [2.75, 3.05) is 0 Å². The van der Waals surface area contributed by atoms with Gasteiger partial charge in [-0.05, 0) is 12.2 Å². The summed E-state index contributed by atoms with van der Waals surface area (Å²) in [7, 11) is 0. The van der Waals surface area contributed by atoms with Crippen molar-refractivity contribution >= 4 is 29.0 Å². The Kier molecular flexibility index (Phi) is 1.94. The van der Waals surface area contributed by atoms with Crippen molar-refractivity contribution in [3.63, 3.8) is 0 Å². The van der Waals surface area contributed by atoms with Gasteiger partial charge in [-0.3, -0.25) is 4.79 Å². The van der Waals surface area contributed by atoms with E-state index in [0.29, 0.717) is 5.03 Å². The Balaban J connectivity index is 2.87. The monoisotopic (exact) mass is 160 g/mol. The van der Waals surface area contributed by atoms with Crippen LogP contribution in [0.4, 0.5) is 0 Å². The zero-order chi connectivity index (χ0) is 6.85. The fraction of sp³-hybridized carbons (Fsp3) is 0. The second kappa shape index (κ2) is 2.54. The van der Waals surface area contributed by atoms with E-state index in [2.05, 4.69) is 6.42 Å². The summed E-state index contributed by atoms with van der Waals surface area (Å²) in [5.74, 6) is -0.318. The van der Waals surface area contributed by atoms with Crippen molar-refractivity contribution in [1.82, 2.24) is 0 Å². The molecular weight excluding hydrogens is 159 g/mol. The van der Waals surface area contributed by atoms with Crippen molar-refractivity contribution in [2.45, 2.75) is 0 Å². The molecule has 0 spiro atoms. The molecule has 1 rings (SSSR count). The maximum absolute atomic E-state index is 10.5. The van der Waals surface area contributed by atoms with Crippen molar-refractivity contribution in [1.29, 1.82) is 0 Å². The summed E-state index contributed by atoms with van der Waals surface area (Å²) in [6.07, 6.45) is 5.12. The predicted molar refractivity (Wildman–Crippen MR) is 36.1 cm³/mol. The predicted octanol–water partition coefficient (Wildman–Crippen LogP) is 1.90. The van der Waals surface area contributed by atoms with Gasteiger partial charge in [0.15, 0.2) is 5.78 Å². The minimum atomic E-state index is -0.318. The molecule has 0 bridgehead atoms. The summed E-state index contributed by atoms with van der Waals surface area (Å²) >= 11 is 10.8. The van der Waals surface area contributed by atoms with E-state index in [4.69, 9.17) is 23.2 Å². The molecular formula is C6H2Cl2O. The number of ketones is 1.